The SMILES string of the molecule is CC(C)CC(/C=C/CC(=O)Nc1ccc2c(c1)C(C)(C)N([O])C2(C)C)NC(=O)OC(C)(C)C. The summed E-state index contributed by atoms with van der Waals surface area (Å²) in [5.41, 5.74) is 0.711. The molecule has 0 aliphatic carbocycles. The Kier molecular flexibility index (Phi) is 8.02. The number of ether oxygens (including phenoxy) is 1. The van der Waals surface area contributed by atoms with Crippen molar-refractivity contribution in [2.45, 2.75) is 97.9 Å². The van der Waals surface area contributed by atoms with Gasteiger partial charge in [-0.05, 0) is 84.1 Å². The van der Waals surface area contributed by atoms with Crippen LogP contribution in [-0.2, 0) is 25.8 Å². The van der Waals surface area contributed by atoms with Gasteiger partial charge in [-0.25, -0.2) is 4.79 Å². The summed E-state index contributed by atoms with van der Waals surface area (Å²) in [5.74, 6) is 0.198. The van der Waals surface area contributed by atoms with Gasteiger partial charge in [-0.2, -0.15) is 0 Å². The molecule has 2 rings (SSSR count). The first-order valence-electron chi connectivity index (χ1n) is 11.6. The van der Waals surface area contributed by atoms with E-state index < -0.39 is 22.8 Å². The first-order valence-corrected chi connectivity index (χ1v) is 11.6. The molecule has 1 heterocycles. The van der Waals surface area contributed by atoms with Crippen molar-refractivity contribution in [3.63, 3.8) is 0 Å². The summed E-state index contributed by atoms with van der Waals surface area (Å²) in [6.45, 7) is 17.2. The number of hydrogen-bond donors (Lipinski definition) is 2. The average Bonchev–Trinajstić information content (AvgIpc) is 2.77. The van der Waals surface area contributed by atoms with Gasteiger partial charge in [0, 0.05) is 12.1 Å². The second-order valence-electron chi connectivity index (χ2n) is 11.2. The fourth-order valence-corrected chi connectivity index (χ4v) is 4.28. The first kappa shape index (κ1) is 26.9. The molecule has 0 saturated carbocycles. The Morgan fingerprint density at radius 3 is 2.27 bits per heavy atom. The molecule has 1 atom stereocenters. The Morgan fingerprint density at radius 1 is 1.09 bits per heavy atom. The molecule has 183 valence electrons. The molecule has 0 aromatic heterocycles. The summed E-state index contributed by atoms with van der Waals surface area (Å²) in [6.07, 6.45) is 4.04. The Bertz CT molecular complexity index is 897. The fourth-order valence-electron chi connectivity index (χ4n) is 4.28. The van der Waals surface area contributed by atoms with Crippen molar-refractivity contribution in [1.82, 2.24) is 10.4 Å². The zero-order valence-electron chi connectivity index (χ0n) is 21.5. The van der Waals surface area contributed by atoms with Crippen LogP contribution in [0.1, 0.15) is 86.3 Å². The van der Waals surface area contributed by atoms with Crippen LogP contribution >= 0.6 is 0 Å². The smallest absolute Gasteiger partial charge is 0.408 e. The molecular weight excluding hydrogens is 418 g/mol. The minimum Gasteiger partial charge on any atom is -0.444 e. The van der Waals surface area contributed by atoms with Gasteiger partial charge in [0.1, 0.15) is 5.60 Å². The van der Waals surface area contributed by atoms with Crippen LogP contribution in [0.5, 0.6) is 0 Å². The third-order valence-electron chi connectivity index (χ3n) is 5.74. The van der Waals surface area contributed by atoms with Crippen molar-refractivity contribution in [1.29, 1.82) is 0 Å². The van der Waals surface area contributed by atoms with E-state index in [2.05, 4.69) is 24.5 Å². The van der Waals surface area contributed by atoms with E-state index >= 15 is 0 Å². The highest BCUT2D eigenvalue weighted by Crippen LogP contribution is 2.48. The van der Waals surface area contributed by atoms with Gasteiger partial charge >= 0.3 is 6.09 Å². The number of carbonyl (C=O) groups is 2. The summed E-state index contributed by atoms with van der Waals surface area (Å²) in [4.78, 5) is 24.7. The van der Waals surface area contributed by atoms with Crippen LogP contribution in [0, 0.1) is 5.92 Å². The Balaban J connectivity index is 2.02. The van der Waals surface area contributed by atoms with Gasteiger partial charge in [-0.1, -0.05) is 32.1 Å². The van der Waals surface area contributed by atoms with Gasteiger partial charge in [0.25, 0.3) is 0 Å². The number of alkyl carbamates (subject to hydrolysis) is 1. The molecule has 1 unspecified atom stereocenters. The van der Waals surface area contributed by atoms with Gasteiger partial charge in [-0.3, -0.25) is 4.79 Å². The molecule has 0 saturated heterocycles. The van der Waals surface area contributed by atoms with Crippen LogP contribution in [0.4, 0.5) is 10.5 Å². The van der Waals surface area contributed by atoms with Crippen molar-refractivity contribution in [3.8, 4) is 0 Å². The van der Waals surface area contributed by atoms with Crippen LogP contribution in [0.15, 0.2) is 30.4 Å². The lowest BCUT2D eigenvalue weighted by molar-refractivity contribution is -0.266. The Hall–Kier alpha value is -2.38. The monoisotopic (exact) mass is 458 g/mol. The van der Waals surface area contributed by atoms with E-state index in [4.69, 9.17) is 4.74 Å². The number of nitrogens with zero attached hydrogens (tertiary/aromatic N) is 1. The predicted octanol–water partition coefficient (Wildman–Crippen LogP) is 5.64. The number of nitrogens with one attached hydrogen (secondary N) is 2. The Labute approximate surface area is 198 Å². The zero-order chi connectivity index (χ0) is 25.2. The maximum Gasteiger partial charge on any atom is 0.408 e. The predicted molar refractivity (Wildman–Crippen MR) is 130 cm³/mol. The highest BCUT2D eigenvalue weighted by atomic mass is 16.6. The molecule has 1 aliphatic heterocycles. The highest BCUT2D eigenvalue weighted by Gasteiger charge is 2.50. The summed E-state index contributed by atoms with van der Waals surface area (Å²) in [6, 6.07) is 5.42. The third kappa shape index (κ3) is 6.81. The second kappa shape index (κ2) is 9.85. The quantitative estimate of drug-likeness (QED) is 0.517. The maximum atomic E-state index is 12.8. The van der Waals surface area contributed by atoms with Crippen LogP contribution in [-0.4, -0.2) is 28.7 Å². The van der Waals surface area contributed by atoms with Crippen molar-refractivity contribution >= 4 is 17.7 Å². The number of rotatable bonds is 7. The van der Waals surface area contributed by atoms with E-state index in [1.807, 2.05) is 72.7 Å². The van der Waals surface area contributed by atoms with Crippen LogP contribution in [0.2, 0.25) is 0 Å². The lowest BCUT2D eigenvalue weighted by atomic mass is 9.90. The fraction of sp³-hybridized carbons (Fsp3) is 0.615. The first-order chi connectivity index (χ1) is 15.0. The molecule has 1 aliphatic rings. The summed E-state index contributed by atoms with van der Waals surface area (Å²) in [7, 11) is 0. The van der Waals surface area contributed by atoms with Crippen molar-refractivity contribution < 1.29 is 19.5 Å². The minimum absolute atomic E-state index is 0.166. The number of amides is 2. The molecule has 1 aromatic rings. The van der Waals surface area contributed by atoms with Crippen molar-refractivity contribution in [3.05, 3.63) is 41.5 Å². The van der Waals surface area contributed by atoms with Gasteiger partial charge in [0.2, 0.25) is 5.91 Å². The molecular formula is C26H40N3O4. The topological polar surface area (TPSA) is 90.6 Å². The molecule has 2 amide bonds. The van der Waals surface area contributed by atoms with E-state index in [1.165, 1.54) is 0 Å². The molecule has 2 N–H and O–H groups in total. The maximum absolute atomic E-state index is 12.8. The van der Waals surface area contributed by atoms with E-state index in [0.29, 0.717) is 11.6 Å². The van der Waals surface area contributed by atoms with E-state index in [-0.39, 0.29) is 18.4 Å². The van der Waals surface area contributed by atoms with Gasteiger partial charge in [-0.15, -0.1) is 10.3 Å². The second-order valence-corrected chi connectivity index (χ2v) is 11.2. The molecule has 7 nitrogen and oxygen atoms in total. The number of hydroxylamine groups is 2. The molecule has 7 heteroatoms. The van der Waals surface area contributed by atoms with Crippen LogP contribution < -0.4 is 10.6 Å². The molecule has 33 heavy (non-hydrogen) atoms. The lowest BCUT2D eigenvalue weighted by Crippen LogP contribution is -2.41. The van der Waals surface area contributed by atoms with Crippen molar-refractivity contribution in [2.75, 3.05) is 5.32 Å². The lowest BCUT2D eigenvalue weighted by Gasteiger charge is -2.32. The van der Waals surface area contributed by atoms with Gasteiger partial charge in [0.15, 0.2) is 0 Å². The summed E-state index contributed by atoms with van der Waals surface area (Å²) in [5, 5.41) is 19.7. The highest BCUT2D eigenvalue weighted by molar-refractivity contribution is 5.91. The zero-order valence-corrected chi connectivity index (χ0v) is 21.5. The number of carbonyl (C=O) groups excluding carboxylic acids is 2. The number of anilines is 1. The standard InChI is InChI=1S/C26H40N3O4/c1-17(2)15-18(28-23(31)33-24(3,4)5)11-10-12-22(30)27-19-13-14-20-21(16-19)26(8,9)29(32)25(20,6)7/h10-11,13-14,16-18H,12,15H2,1-9H3,(H,27,30)(H,28,31)/b11-10+. The third-order valence-corrected chi connectivity index (χ3v) is 5.74. The molecule has 1 radical (unpaired) electrons. The number of fused-ring (bicyclic) bond motifs is 1. The summed E-state index contributed by atoms with van der Waals surface area (Å²) >= 11 is 0. The van der Waals surface area contributed by atoms with E-state index in [9.17, 15) is 14.8 Å². The number of benzene rings is 1. The van der Waals surface area contributed by atoms with Crippen molar-refractivity contribution in [2.24, 2.45) is 5.92 Å². The normalized spacial score (nSPS) is 18.3. The minimum atomic E-state index is -0.670. The van der Waals surface area contributed by atoms with Crippen LogP contribution in [0.25, 0.3) is 0 Å². The summed E-state index contributed by atoms with van der Waals surface area (Å²) < 4.78 is 5.34. The van der Waals surface area contributed by atoms with Crippen LogP contribution in [0.3, 0.4) is 0 Å². The number of hydrogen-bond acceptors (Lipinski definition) is 4. The molecule has 1 aromatic carbocycles. The Morgan fingerprint density at radius 2 is 1.70 bits per heavy atom. The molecule has 0 fully saturated rings. The molecule has 0 spiro atoms. The average molecular weight is 459 g/mol. The van der Waals surface area contributed by atoms with E-state index in [1.54, 1.807) is 6.08 Å². The van der Waals surface area contributed by atoms with Gasteiger partial charge in [0.05, 0.1) is 17.1 Å². The largest absolute Gasteiger partial charge is 0.444 e. The van der Waals surface area contributed by atoms with E-state index in [0.717, 1.165) is 22.6 Å². The molecule has 0 bridgehead atoms. The van der Waals surface area contributed by atoms with Gasteiger partial charge < -0.3 is 15.4 Å².